The number of benzene rings is 2. The lowest BCUT2D eigenvalue weighted by Crippen LogP contribution is -2.50. The molecule has 0 unspecified atom stereocenters. The van der Waals surface area contributed by atoms with Crippen molar-refractivity contribution in [3.05, 3.63) is 82.7 Å². The molecule has 156 valence electrons. The highest BCUT2D eigenvalue weighted by Gasteiger charge is 2.40. The van der Waals surface area contributed by atoms with Crippen LogP contribution in [0.5, 0.6) is 0 Å². The first-order valence-electron chi connectivity index (χ1n) is 9.50. The Labute approximate surface area is 180 Å². The molecule has 3 aromatic rings. The number of hydrogen-bond acceptors (Lipinski definition) is 5. The first-order chi connectivity index (χ1) is 14.5. The van der Waals surface area contributed by atoms with Crippen molar-refractivity contribution < 1.29 is 17.9 Å². The van der Waals surface area contributed by atoms with E-state index in [4.69, 9.17) is 4.74 Å². The summed E-state index contributed by atoms with van der Waals surface area (Å²) in [5.41, 5.74) is 3.36. The second-order valence-electron chi connectivity index (χ2n) is 7.05. The predicted octanol–water partition coefficient (Wildman–Crippen LogP) is 3.65. The second kappa shape index (κ2) is 8.69. The van der Waals surface area contributed by atoms with Crippen LogP contribution in [0.25, 0.3) is 0 Å². The Morgan fingerprint density at radius 3 is 2.57 bits per heavy atom. The molecular formula is C22H22N2O4S2. The van der Waals surface area contributed by atoms with Crippen molar-refractivity contribution in [3.63, 3.8) is 0 Å². The highest BCUT2D eigenvalue weighted by atomic mass is 32.2. The lowest BCUT2D eigenvalue weighted by molar-refractivity contribution is -0.120. The number of ether oxygens (including phenoxy) is 1. The molecule has 1 N–H and O–H groups in total. The van der Waals surface area contributed by atoms with E-state index in [9.17, 15) is 13.2 Å². The first kappa shape index (κ1) is 20.7. The normalized spacial score (nSPS) is 16.8. The summed E-state index contributed by atoms with van der Waals surface area (Å²) in [5.74, 6) is -0.354. The zero-order valence-electron chi connectivity index (χ0n) is 16.4. The highest BCUT2D eigenvalue weighted by molar-refractivity contribution is 7.91. The number of thiophene rings is 1. The van der Waals surface area contributed by atoms with Gasteiger partial charge in [-0.25, -0.2) is 8.42 Å². The number of fused-ring (bicyclic) bond motifs is 1. The fourth-order valence-corrected chi connectivity index (χ4v) is 6.33. The number of carbonyl (C=O) groups excluding carboxylic acids is 1. The van der Waals surface area contributed by atoms with Crippen LogP contribution in [0, 0.1) is 0 Å². The summed E-state index contributed by atoms with van der Waals surface area (Å²) in [6.07, 6.45) is 0.319. The number of hydrogen-bond donors (Lipinski definition) is 1. The van der Waals surface area contributed by atoms with Gasteiger partial charge in [-0.3, -0.25) is 4.79 Å². The maximum atomic E-state index is 13.3. The minimum Gasteiger partial charge on any atom is -0.380 e. The van der Waals surface area contributed by atoms with Gasteiger partial charge in [0.25, 0.3) is 10.0 Å². The van der Waals surface area contributed by atoms with Crippen LogP contribution in [0.3, 0.4) is 0 Å². The standard InChI is InChI=1S/C22H22N2O4S2/c1-28-15-18-9-4-5-10-19(18)23-22(25)20-13-16-7-2-3-8-17(16)14-24(20)30(26,27)21-11-6-12-29-21/h2-12,20H,13-15H2,1H3,(H,23,25)/t20-/m0/s1. The van der Waals surface area contributed by atoms with Crippen LogP contribution in [0.4, 0.5) is 5.69 Å². The third-order valence-corrected chi connectivity index (χ3v) is 8.37. The van der Waals surface area contributed by atoms with Gasteiger partial charge in [0, 0.05) is 24.9 Å². The van der Waals surface area contributed by atoms with Crippen molar-refractivity contribution in [2.45, 2.75) is 29.8 Å². The Kier molecular flexibility index (Phi) is 6.01. The van der Waals surface area contributed by atoms with Crippen LogP contribution in [-0.4, -0.2) is 31.8 Å². The van der Waals surface area contributed by atoms with Gasteiger partial charge in [-0.2, -0.15) is 4.31 Å². The van der Waals surface area contributed by atoms with E-state index in [1.54, 1.807) is 30.7 Å². The molecule has 6 nitrogen and oxygen atoms in total. The molecule has 1 aliphatic heterocycles. The third kappa shape index (κ3) is 4.04. The molecule has 0 spiro atoms. The minimum absolute atomic E-state index is 0.161. The van der Waals surface area contributed by atoms with Gasteiger partial charge in [0.05, 0.1) is 6.61 Å². The Bertz CT molecular complexity index is 1140. The fourth-order valence-electron chi connectivity index (χ4n) is 3.64. The SMILES string of the molecule is COCc1ccccc1NC(=O)[C@@H]1Cc2ccccc2CN1S(=O)(=O)c1cccs1. The third-order valence-electron chi connectivity index (χ3n) is 5.14. The largest absolute Gasteiger partial charge is 0.380 e. The highest BCUT2D eigenvalue weighted by Crippen LogP contribution is 2.31. The number of nitrogens with zero attached hydrogens (tertiary/aromatic N) is 1. The van der Waals surface area contributed by atoms with Gasteiger partial charge in [0.1, 0.15) is 10.3 Å². The molecule has 0 bridgehead atoms. The Morgan fingerprint density at radius 1 is 1.10 bits per heavy atom. The molecule has 0 saturated heterocycles. The molecule has 4 rings (SSSR count). The Morgan fingerprint density at radius 2 is 1.83 bits per heavy atom. The molecule has 1 amide bonds. The summed E-state index contributed by atoms with van der Waals surface area (Å²) in [6, 6.07) is 17.4. The average Bonchev–Trinajstić information content (AvgIpc) is 3.30. The van der Waals surface area contributed by atoms with Gasteiger partial charge in [-0.1, -0.05) is 48.5 Å². The first-order valence-corrected chi connectivity index (χ1v) is 11.8. The molecular weight excluding hydrogens is 420 g/mol. The van der Waals surface area contributed by atoms with Crippen LogP contribution < -0.4 is 5.32 Å². The molecule has 30 heavy (non-hydrogen) atoms. The van der Waals surface area contributed by atoms with Crippen molar-refractivity contribution in [1.82, 2.24) is 4.31 Å². The smallest absolute Gasteiger partial charge is 0.253 e. The van der Waals surface area contributed by atoms with Crippen LogP contribution in [0.15, 0.2) is 70.3 Å². The summed E-state index contributed by atoms with van der Waals surface area (Å²) < 4.78 is 33.4. The molecule has 1 aromatic heterocycles. The summed E-state index contributed by atoms with van der Waals surface area (Å²) in [6.45, 7) is 0.509. The van der Waals surface area contributed by atoms with Gasteiger partial charge in [-0.15, -0.1) is 11.3 Å². The number of sulfonamides is 1. The number of carbonyl (C=O) groups is 1. The second-order valence-corrected chi connectivity index (χ2v) is 10.1. The van der Waals surface area contributed by atoms with Gasteiger partial charge >= 0.3 is 0 Å². The van der Waals surface area contributed by atoms with Crippen molar-refractivity contribution in [1.29, 1.82) is 0 Å². The van der Waals surface area contributed by atoms with E-state index in [2.05, 4.69) is 5.32 Å². The lowest BCUT2D eigenvalue weighted by atomic mass is 9.95. The average molecular weight is 443 g/mol. The zero-order chi connectivity index (χ0) is 21.1. The van der Waals surface area contributed by atoms with Crippen molar-refractivity contribution in [3.8, 4) is 0 Å². The van der Waals surface area contributed by atoms with Gasteiger partial charge in [0.2, 0.25) is 5.91 Å². The molecule has 8 heteroatoms. The molecule has 0 radical (unpaired) electrons. The quantitative estimate of drug-likeness (QED) is 0.632. The predicted molar refractivity (Wildman–Crippen MR) is 117 cm³/mol. The topological polar surface area (TPSA) is 75.7 Å². The molecule has 1 aliphatic rings. The van der Waals surface area contributed by atoms with Crippen molar-refractivity contribution >= 4 is 33.0 Å². The molecule has 2 heterocycles. The van der Waals surface area contributed by atoms with E-state index < -0.39 is 16.1 Å². The van der Waals surface area contributed by atoms with Crippen molar-refractivity contribution in [2.24, 2.45) is 0 Å². The van der Waals surface area contributed by atoms with E-state index in [1.165, 1.54) is 4.31 Å². The van der Waals surface area contributed by atoms with Crippen molar-refractivity contribution in [2.75, 3.05) is 12.4 Å². The van der Waals surface area contributed by atoms with Crippen LogP contribution in [-0.2, 0) is 39.1 Å². The molecule has 0 saturated carbocycles. The number of anilines is 1. The number of methoxy groups -OCH3 is 1. The Hall–Kier alpha value is -2.52. The lowest BCUT2D eigenvalue weighted by Gasteiger charge is -2.34. The summed E-state index contributed by atoms with van der Waals surface area (Å²) in [4.78, 5) is 13.3. The van der Waals surface area contributed by atoms with Gasteiger partial charge in [-0.05, 0) is 35.1 Å². The number of rotatable bonds is 6. The molecule has 2 aromatic carbocycles. The van der Waals surface area contributed by atoms with E-state index in [-0.39, 0.29) is 16.7 Å². The molecule has 0 aliphatic carbocycles. The summed E-state index contributed by atoms with van der Waals surface area (Å²) in [5, 5.41) is 4.64. The minimum atomic E-state index is -3.80. The van der Waals surface area contributed by atoms with Gasteiger partial charge in [0.15, 0.2) is 0 Å². The number of nitrogens with one attached hydrogen (secondary N) is 1. The molecule has 1 atom stereocenters. The maximum Gasteiger partial charge on any atom is 0.253 e. The van der Waals surface area contributed by atoms with E-state index >= 15 is 0 Å². The van der Waals surface area contributed by atoms with Crippen LogP contribution in [0.1, 0.15) is 16.7 Å². The van der Waals surface area contributed by atoms with E-state index in [1.807, 2.05) is 42.5 Å². The van der Waals surface area contributed by atoms with Crippen LogP contribution in [0.2, 0.25) is 0 Å². The maximum absolute atomic E-state index is 13.3. The Balaban J connectivity index is 1.69. The number of amides is 1. The summed E-state index contributed by atoms with van der Waals surface area (Å²) >= 11 is 1.15. The zero-order valence-corrected chi connectivity index (χ0v) is 18.1. The van der Waals surface area contributed by atoms with Gasteiger partial charge < -0.3 is 10.1 Å². The summed E-state index contributed by atoms with van der Waals surface area (Å²) in [7, 11) is -2.21. The monoisotopic (exact) mass is 442 g/mol. The number of para-hydroxylation sites is 1. The molecule has 0 fully saturated rings. The fraction of sp³-hybridized carbons (Fsp3) is 0.227. The van der Waals surface area contributed by atoms with E-state index in [0.717, 1.165) is 28.0 Å². The van der Waals surface area contributed by atoms with E-state index in [0.29, 0.717) is 18.7 Å². The van der Waals surface area contributed by atoms with Crippen LogP contribution >= 0.6 is 11.3 Å².